The van der Waals surface area contributed by atoms with E-state index in [4.69, 9.17) is 0 Å². The summed E-state index contributed by atoms with van der Waals surface area (Å²) in [4.78, 5) is 22.1. The van der Waals surface area contributed by atoms with Gasteiger partial charge in [-0.15, -0.1) is 0 Å². The van der Waals surface area contributed by atoms with Crippen LogP contribution in [0, 0.1) is 17.0 Å². The van der Waals surface area contributed by atoms with Crippen LogP contribution >= 0.6 is 0 Å². The van der Waals surface area contributed by atoms with Gasteiger partial charge in [-0.25, -0.2) is 0 Å². The predicted octanol–water partition coefficient (Wildman–Crippen LogP) is 2.94. The molecule has 6 heteroatoms. The molecule has 0 saturated heterocycles. The number of carbonyl (C=O) groups is 1. The smallest absolute Gasteiger partial charge is 0.281 e. The maximum atomic E-state index is 12.1. The van der Waals surface area contributed by atoms with Gasteiger partial charge in [0.15, 0.2) is 0 Å². The van der Waals surface area contributed by atoms with Gasteiger partial charge in [0, 0.05) is 17.7 Å². The highest BCUT2D eigenvalue weighted by molar-refractivity contribution is 6.04. The summed E-state index contributed by atoms with van der Waals surface area (Å²) in [5.74, 6) is -0.724. The Morgan fingerprint density at radius 2 is 1.85 bits per heavy atom. The van der Waals surface area contributed by atoms with Gasteiger partial charge in [0.25, 0.3) is 11.6 Å². The third-order valence-corrected chi connectivity index (χ3v) is 2.77. The Balaban J connectivity index is 2.28. The molecule has 0 aliphatic rings. The van der Waals surface area contributed by atoms with Crippen LogP contribution in [0.1, 0.15) is 15.9 Å². The normalized spacial score (nSPS) is 10.1. The zero-order valence-electron chi connectivity index (χ0n) is 10.7. The number of hydroxylamine groups is 1. The summed E-state index contributed by atoms with van der Waals surface area (Å²) in [6.07, 6.45) is 0. The summed E-state index contributed by atoms with van der Waals surface area (Å²) in [6, 6.07) is 11.9. The van der Waals surface area contributed by atoms with Crippen molar-refractivity contribution >= 4 is 17.3 Å². The van der Waals surface area contributed by atoms with Crippen LogP contribution in [0.15, 0.2) is 48.5 Å². The summed E-state index contributed by atoms with van der Waals surface area (Å²) in [5, 5.41) is 21.0. The number of nitro groups is 1. The second kappa shape index (κ2) is 5.50. The minimum atomic E-state index is -0.724. The first kappa shape index (κ1) is 13.7. The Morgan fingerprint density at radius 3 is 2.45 bits per heavy atom. The molecule has 102 valence electrons. The molecular weight excluding hydrogens is 260 g/mol. The third kappa shape index (κ3) is 2.81. The molecule has 6 nitrogen and oxygen atoms in total. The van der Waals surface area contributed by atoms with Crippen LogP contribution in [0.5, 0.6) is 0 Å². The number of nitro benzene ring substituents is 1. The van der Waals surface area contributed by atoms with Crippen LogP contribution in [-0.4, -0.2) is 16.0 Å². The first-order valence-electron chi connectivity index (χ1n) is 5.83. The second-order valence-electron chi connectivity index (χ2n) is 4.26. The maximum Gasteiger partial charge on any atom is 0.282 e. The van der Waals surface area contributed by atoms with Crippen molar-refractivity contribution < 1.29 is 14.9 Å². The van der Waals surface area contributed by atoms with Gasteiger partial charge in [0.05, 0.1) is 10.6 Å². The number of amides is 1. The van der Waals surface area contributed by atoms with Crippen LogP contribution in [0.4, 0.5) is 11.4 Å². The molecule has 0 bridgehead atoms. The molecule has 0 aliphatic carbocycles. The third-order valence-electron chi connectivity index (χ3n) is 2.77. The van der Waals surface area contributed by atoms with Crippen LogP contribution in [0.25, 0.3) is 0 Å². The number of carbonyl (C=O) groups excluding carboxylic acids is 1. The van der Waals surface area contributed by atoms with Gasteiger partial charge in [-0.1, -0.05) is 23.8 Å². The molecule has 2 rings (SSSR count). The van der Waals surface area contributed by atoms with Gasteiger partial charge < -0.3 is 0 Å². The van der Waals surface area contributed by atoms with Crippen molar-refractivity contribution in [2.75, 3.05) is 5.06 Å². The zero-order valence-corrected chi connectivity index (χ0v) is 10.7. The highest BCUT2D eigenvalue weighted by atomic mass is 16.6. The molecule has 0 heterocycles. The molecule has 0 aromatic heterocycles. The Bertz CT molecular complexity index is 652. The molecule has 0 aliphatic heterocycles. The van der Waals surface area contributed by atoms with Crippen molar-refractivity contribution in [1.29, 1.82) is 0 Å². The first-order valence-corrected chi connectivity index (χ1v) is 5.83. The molecule has 0 atom stereocenters. The maximum absolute atomic E-state index is 12.1. The highest BCUT2D eigenvalue weighted by Gasteiger charge is 2.18. The van der Waals surface area contributed by atoms with Gasteiger partial charge in [-0.05, 0) is 25.1 Å². The van der Waals surface area contributed by atoms with E-state index in [-0.39, 0.29) is 11.3 Å². The zero-order chi connectivity index (χ0) is 14.7. The van der Waals surface area contributed by atoms with Crippen molar-refractivity contribution in [2.24, 2.45) is 0 Å². The van der Waals surface area contributed by atoms with Gasteiger partial charge >= 0.3 is 0 Å². The van der Waals surface area contributed by atoms with E-state index >= 15 is 0 Å². The number of non-ortho nitro benzene ring substituents is 1. The number of hydrogen-bond donors (Lipinski definition) is 1. The van der Waals surface area contributed by atoms with E-state index < -0.39 is 10.8 Å². The number of hydrogen-bond acceptors (Lipinski definition) is 4. The van der Waals surface area contributed by atoms with Crippen molar-refractivity contribution in [3.8, 4) is 0 Å². The van der Waals surface area contributed by atoms with Crippen LogP contribution in [0.3, 0.4) is 0 Å². The molecule has 0 fully saturated rings. The van der Waals surface area contributed by atoms with E-state index in [1.165, 1.54) is 18.2 Å². The van der Waals surface area contributed by atoms with E-state index in [2.05, 4.69) is 0 Å². The van der Waals surface area contributed by atoms with Crippen LogP contribution in [-0.2, 0) is 0 Å². The average molecular weight is 272 g/mol. The first-order chi connectivity index (χ1) is 9.49. The topological polar surface area (TPSA) is 83.7 Å². The predicted molar refractivity (Wildman–Crippen MR) is 72.9 cm³/mol. The minimum absolute atomic E-state index is 0.0438. The molecule has 20 heavy (non-hydrogen) atoms. The quantitative estimate of drug-likeness (QED) is 0.529. The molecule has 0 saturated carbocycles. The summed E-state index contributed by atoms with van der Waals surface area (Å²) in [7, 11) is 0. The molecule has 0 unspecified atom stereocenters. The number of nitrogens with zero attached hydrogens (tertiary/aromatic N) is 2. The summed E-state index contributed by atoms with van der Waals surface area (Å²) in [6.45, 7) is 1.88. The fraction of sp³-hybridized carbons (Fsp3) is 0.0714. The van der Waals surface area contributed by atoms with Gasteiger partial charge in [0.1, 0.15) is 0 Å². The SMILES string of the molecule is Cc1ccc(N(O)C(=O)c2cccc([N+](=O)[O-])c2)cc1. The van der Waals surface area contributed by atoms with Crippen molar-refractivity contribution in [1.82, 2.24) is 0 Å². The standard InChI is InChI=1S/C14H12N2O4/c1-10-5-7-12(8-6-10)15(18)14(17)11-3-2-4-13(9-11)16(19)20/h2-9,18H,1H3. The molecule has 2 aromatic rings. The van der Waals surface area contributed by atoms with E-state index in [0.29, 0.717) is 10.8 Å². The lowest BCUT2D eigenvalue weighted by molar-refractivity contribution is -0.384. The van der Waals surface area contributed by atoms with Gasteiger partial charge in [0.2, 0.25) is 0 Å². The molecular formula is C14H12N2O4. The van der Waals surface area contributed by atoms with E-state index in [1.54, 1.807) is 24.3 Å². The highest BCUT2D eigenvalue weighted by Crippen LogP contribution is 2.18. The fourth-order valence-corrected chi connectivity index (χ4v) is 1.68. The minimum Gasteiger partial charge on any atom is -0.281 e. The molecule has 1 amide bonds. The van der Waals surface area contributed by atoms with Gasteiger partial charge in [-0.2, -0.15) is 5.06 Å². The van der Waals surface area contributed by atoms with Crippen LogP contribution < -0.4 is 5.06 Å². The fourth-order valence-electron chi connectivity index (χ4n) is 1.68. The number of aryl methyl sites for hydroxylation is 1. The van der Waals surface area contributed by atoms with Crippen molar-refractivity contribution in [3.05, 3.63) is 69.8 Å². The Morgan fingerprint density at radius 1 is 1.20 bits per heavy atom. The Labute approximate surface area is 115 Å². The number of benzene rings is 2. The van der Waals surface area contributed by atoms with Crippen molar-refractivity contribution in [3.63, 3.8) is 0 Å². The molecule has 2 aromatic carbocycles. The van der Waals surface area contributed by atoms with E-state index in [1.807, 2.05) is 6.92 Å². The molecule has 1 N–H and O–H groups in total. The lowest BCUT2D eigenvalue weighted by Crippen LogP contribution is -2.26. The number of anilines is 1. The van der Waals surface area contributed by atoms with E-state index in [9.17, 15) is 20.1 Å². The summed E-state index contributed by atoms with van der Waals surface area (Å²) >= 11 is 0. The lowest BCUT2D eigenvalue weighted by atomic mass is 10.1. The Kier molecular flexibility index (Phi) is 3.76. The Hall–Kier alpha value is -2.73. The summed E-state index contributed by atoms with van der Waals surface area (Å²) < 4.78 is 0. The molecule has 0 radical (unpaired) electrons. The number of rotatable bonds is 3. The van der Waals surface area contributed by atoms with E-state index in [0.717, 1.165) is 11.6 Å². The largest absolute Gasteiger partial charge is 0.282 e. The lowest BCUT2D eigenvalue weighted by Gasteiger charge is -2.15. The second-order valence-corrected chi connectivity index (χ2v) is 4.26. The van der Waals surface area contributed by atoms with Crippen LogP contribution in [0.2, 0.25) is 0 Å². The monoisotopic (exact) mass is 272 g/mol. The van der Waals surface area contributed by atoms with Crippen molar-refractivity contribution in [2.45, 2.75) is 6.92 Å². The molecule has 0 spiro atoms. The summed E-state index contributed by atoms with van der Waals surface area (Å²) in [5.41, 5.74) is 1.13. The average Bonchev–Trinajstić information content (AvgIpc) is 2.46. The van der Waals surface area contributed by atoms with Gasteiger partial charge in [-0.3, -0.25) is 20.1 Å².